The Morgan fingerprint density at radius 2 is 1.17 bits per heavy atom. The van der Waals surface area contributed by atoms with Gasteiger partial charge in [-0.05, 0) is 94.8 Å². The molecule has 27 atom stereocenters. The van der Waals surface area contributed by atoms with Crippen LogP contribution in [0.15, 0.2) is 34.9 Å². The zero-order valence-corrected chi connectivity index (χ0v) is 47.8. The average Bonchev–Trinajstić information content (AvgIpc) is 1.99. The van der Waals surface area contributed by atoms with Crippen LogP contribution in [0.3, 0.4) is 0 Å². The Kier molecular flexibility index (Phi) is 18.4. The molecule has 24 heteroatoms. The highest BCUT2D eigenvalue weighted by atomic mass is 16.8. The maximum absolute atomic E-state index is 13.9. The quantitative estimate of drug-likeness (QED) is 0.0415. The SMILES string of the molecule is C/C=C(/C)C(=O)O[C@H]1[C@H](OC(=O)/C(C)=C\C)[C@@]2(CO)C(CC1(C)C)C1=CCC3[C@@]4(C)CC[C@H](O[C@@H]5OC(C(=O)O)[C@@H](O)C(O[C@@H]6O[C@@H](CO)C(O)[C@@H]6O)[C@@H]5O[C@@H]5OC(CO)[C@@H](O)C(O)[C@@H]5O)[C@](C)(CO)C4CC[C@@]3(C)[C@]1(C)[C@@H](O)[C@H]2O. The number of esters is 2. The summed E-state index contributed by atoms with van der Waals surface area (Å²) in [5.74, 6) is -4.48. The van der Waals surface area contributed by atoms with Crippen molar-refractivity contribution in [2.24, 2.45) is 50.2 Å². The van der Waals surface area contributed by atoms with Crippen LogP contribution in [0.2, 0.25) is 0 Å². The van der Waals surface area contributed by atoms with E-state index in [0.29, 0.717) is 31.3 Å². The minimum atomic E-state index is -2.18. The zero-order chi connectivity index (χ0) is 60.0. The Hall–Kier alpha value is -3.09. The van der Waals surface area contributed by atoms with Gasteiger partial charge in [0.05, 0.1) is 50.2 Å². The first kappa shape index (κ1) is 63.9. The number of fused-ring (bicyclic) bond motifs is 7. The van der Waals surface area contributed by atoms with Crippen LogP contribution in [0.25, 0.3) is 0 Å². The number of hydrogen-bond donors (Lipinski definition) is 13. The van der Waals surface area contributed by atoms with Gasteiger partial charge in [0.2, 0.25) is 0 Å². The molecule has 7 fully saturated rings. The van der Waals surface area contributed by atoms with Crippen LogP contribution in [0, 0.1) is 50.2 Å². The van der Waals surface area contributed by atoms with Gasteiger partial charge in [0.1, 0.15) is 67.1 Å². The Balaban J connectivity index is 1.15. The summed E-state index contributed by atoms with van der Waals surface area (Å²) in [6, 6.07) is 0. The molecule has 8 rings (SSSR count). The van der Waals surface area contributed by atoms with Crippen molar-refractivity contribution in [2.45, 2.75) is 224 Å². The number of carbonyl (C=O) groups is 3. The normalized spacial score (nSPS) is 49.8. The van der Waals surface area contributed by atoms with Gasteiger partial charge in [-0.1, -0.05) is 65.3 Å². The van der Waals surface area contributed by atoms with Crippen molar-refractivity contribution in [3.05, 3.63) is 34.9 Å². The van der Waals surface area contributed by atoms with Crippen LogP contribution in [0.5, 0.6) is 0 Å². The first-order valence-corrected chi connectivity index (χ1v) is 28.3. The zero-order valence-electron chi connectivity index (χ0n) is 47.8. The van der Waals surface area contributed by atoms with E-state index in [1.54, 1.807) is 39.8 Å². The van der Waals surface area contributed by atoms with Gasteiger partial charge in [0.25, 0.3) is 0 Å². The second kappa shape index (κ2) is 23.3. The largest absolute Gasteiger partial charge is 0.479 e. The Morgan fingerprint density at radius 3 is 1.70 bits per heavy atom. The molecule has 0 amide bonds. The summed E-state index contributed by atoms with van der Waals surface area (Å²) in [7, 11) is 0. The third kappa shape index (κ3) is 9.98. The molecule has 8 unspecified atom stereocenters. The maximum atomic E-state index is 13.9. The summed E-state index contributed by atoms with van der Waals surface area (Å²) in [6.07, 6.45) is -25.7. The van der Waals surface area contributed by atoms with Crippen LogP contribution < -0.4 is 0 Å². The molecule has 13 N–H and O–H groups in total. The lowest BCUT2D eigenvalue weighted by molar-refractivity contribution is -0.387. The predicted molar refractivity (Wildman–Crippen MR) is 278 cm³/mol. The van der Waals surface area contributed by atoms with Crippen molar-refractivity contribution in [3.8, 4) is 0 Å². The molecule has 0 aromatic rings. The molecule has 0 aromatic heterocycles. The van der Waals surface area contributed by atoms with E-state index in [2.05, 4.69) is 19.9 Å². The number of aliphatic hydroxyl groups excluding tert-OH is 12. The molecule has 3 aliphatic heterocycles. The van der Waals surface area contributed by atoms with Crippen molar-refractivity contribution < 1.29 is 119 Å². The molecule has 0 radical (unpaired) electrons. The fourth-order valence-electron chi connectivity index (χ4n) is 16.2. The lowest BCUT2D eigenvalue weighted by Crippen LogP contribution is -2.76. The molecular weight excluding hydrogens is 1070 g/mol. The fourth-order valence-corrected chi connectivity index (χ4v) is 16.2. The molecule has 24 nitrogen and oxygen atoms in total. The van der Waals surface area contributed by atoms with Crippen molar-refractivity contribution >= 4 is 17.9 Å². The lowest BCUT2D eigenvalue weighted by Gasteiger charge is -2.73. The lowest BCUT2D eigenvalue weighted by atomic mass is 9.32. The van der Waals surface area contributed by atoms with E-state index in [0.717, 1.165) is 5.57 Å². The topological polar surface area (TPSA) is 388 Å². The molecule has 5 aliphatic carbocycles. The summed E-state index contributed by atoms with van der Waals surface area (Å²) in [5, 5.41) is 146. The number of carboxylic acids is 1. The molecule has 460 valence electrons. The summed E-state index contributed by atoms with van der Waals surface area (Å²) in [6.45, 7) is 15.3. The van der Waals surface area contributed by atoms with Crippen molar-refractivity contribution in [2.75, 3.05) is 26.4 Å². The molecular formula is C57H88O24. The van der Waals surface area contributed by atoms with Gasteiger partial charge in [0.15, 0.2) is 31.1 Å². The Labute approximate surface area is 471 Å². The van der Waals surface area contributed by atoms with E-state index in [1.165, 1.54) is 0 Å². The van der Waals surface area contributed by atoms with E-state index in [9.17, 15) is 80.8 Å². The molecule has 81 heavy (non-hydrogen) atoms. The van der Waals surface area contributed by atoms with Gasteiger partial charge >= 0.3 is 17.9 Å². The van der Waals surface area contributed by atoms with Gasteiger partial charge in [-0.3, -0.25) is 0 Å². The first-order chi connectivity index (χ1) is 37.9. The minimum absolute atomic E-state index is 0.165. The molecule has 8 aliphatic rings. The second-order valence-electron chi connectivity index (χ2n) is 25.9. The fraction of sp³-hybridized carbons (Fsp3) is 0.842. The first-order valence-electron chi connectivity index (χ1n) is 28.3. The molecule has 3 heterocycles. The minimum Gasteiger partial charge on any atom is -0.479 e. The number of hydrogen-bond acceptors (Lipinski definition) is 23. The van der Waals surface area contributed by atoms with Crippen LogP contribution >= 0.6 is 0 Å². The van der Waals surface area contributed by atoms with E-state index < -0.39 is 205 Å². The third-order valence-electron chi connectivity index (χ3n) is 21.5. The highest BCUT2D eigenvalue weighted by Crippen LogP contribution is 2.76. The van der Waals surface area contributed by atoms with E-state index in [-0.39, 0.29) is 24.3 Å². The molecule has 4 saturated carbocycles. The van der Waals surface area contributed by atoms with E-state index in [1.807, 2.05) is 27.7 Å². The van der Waals surface area contributed by atoms with Crippen LogP contribution in [-0.4, -0.2) is 227 Å². The van der Waals surface area contributed by atoms with Crippen molar-refractivity contribution in [1.82, 2.24) is 0 Å². The monoisotopic (exact) mass is 1160 g/mol. The number of rotatable bonds is 15. The van der Waals surface area contributed by atoms with Gasteiger partial charge in [-0.25, -0.2) is 14.4 Å². The number of allylic oxidation sites excluding steroid dienone is 3. The number of carbonyl (C=O) groups excluding carboxylic acids is 2. The highest BCUT2D eigenvalue weighted by Gasteiger charge is 2.77. The summed E-state index contributed by atoms with van der Waals surface area (Å²) < 4.78 is 48.8. The van der Waals surface area contributed by atoms with Crippen LogP contribution in [-0.2, 0) is 52.3 Å². The number of aliphatic carboxylic acids is 1. The third-order valence-corrected chi connectivity index (χ3v) is 21.5. The van der Waals surface area contributed by atoms with Gasteiger partial charge in [-0.2, -0.15) is 0 Å². The van der Waals surface area contributed by atoms with Crippen molar-refractivity contribution in [1.29, 1.82) is 0 Å². The Morgan fingerprint density at radius 1 is 0.630 bits per heavy atom. The standard InChI is InChI=1S/C57H88O24/c1-11-24(3)47(72)80-44-45(81-48(73)25(4)12-2)57(23-61)27(19-52(44,5)6)26-13-14-31-53(7)17-16-32(54(8,22-60)30(53)15-18-55(31,9)56(26,10)42(68)43(57)69)76-51-41(79-50-37(66)35(64)33(62)28(20-58)74-50)39(38(67)40(78-51)46(70)71)77-49-36(65)34(63)29(21-59)75-49/h11-13,27-45,49-51,58-69H,14-23H2,1-10H3,(H,70,71)/b24-11-,25-12-/t27?,28?,29-,30?,31?,32-,33+,34?,35?,36-,37-,38-,39?,40?,41-,42-,43+,44-,45-,49-,50-,51+,53-,54+,55+,56-,57-/m0/s1. The molecule has 0 bridgehead atoms. The summed E-state index contributed by atoms with van der Waals surface area (Å²) >= 11 is 0. The van der Waals surface area contributed by atoms with Gasteiger partial charge < -0.3 is 104 Å². The van der Waals surface area contributed by atoms with Gasteiger partial charge in [0, 0.05) is 27.4 Å². The summed E-state index contributed by atoms with van der Waals surface area (Å²) in [5.41, 5.74) is -5.25. The number of aliphatic hydroxyl groups is 12. The Bertz CT molecular complexity index is 2410. The van der Waals surface area contributed by atoms with Gasteiger partial charge in [-0.15, -0.1) is 0 Å². The molecule has 0 aromatic carbocycles. The second-order valence-corrected chi connectivity index (χ2v) is 25.9. The van der Waals surface area contributed by atoms with E-state index >= 15 is 0 Å². The van der Waals surface area contributed by atoms with Crippen molar-refractivity contribution in [3.63, 3.8) is 0 Å². The predicted octanol–water partition coefficient (Wildman–Crippen LogP) is -0.765. The summed E-state index contributed by atoms with van der Waals surface area (Å²) in [4.78, 5) is 40.4. The number of carboxylic acid groups (broad SMARTS) is 1. The highest BCUT2D eigenvalue weighted by molar-refractivity contribution is 5.89. The smallest absolute Gasteiger partial charge is 0.335 e. The average molecular weight is 1160 g/mol. The molecule has 0 spiro atoms. The maximum Gasteiger partial charge on any atom is 0.335 e. The number of ether oxygens (including phenoxy) is 8. The van der Waals surface area contributed by atoms with Crippen LogP contribution in [0.1, 0.15) is 108 Å². The van der Waals surface area contributed by atoms with Crippen LogP contribution in [0.4, 0.5) is 0 Å². The molecule has 3 saturated heterocycles. The van der Waals surface area contributed by atoms with E-state index in [4.69, 9.17) is 37.9 Å².